The molecule has 0 radical (unpaired) electrons. The summed E-state index contributed by atoms with van der Waals surface area (Å²) in [5, 5.41) is 4.85. The predicted molar refractivity (Wildman–Crippen MR) is 141 cm³/mol. The SMILES string of the molecule is Cc1cc2c(N)nccc2c(C)c1CNC(=O)/C(C=NCc1ccc(CC(=O)N(C)C)cc1)=C/N. The summed E-state index contributed by atoms with van der Waals surface area (Å²) in [7, 11) is 3.48. The van der Waals surface area contributed by atoms with Gasteiger partial charge in [-0.3, -0.25) is 14.6 Å². The topological polar surface area (TPSA) is 127 Å². The van der Waals surface area contributed by atoms with Gasteiger partial charge >= 0.3 is 0 Å². The number of aromatic nitrogens is 1. The number of hydrogen-bond donors (Lipinski definition) is 3. The van der Waals surface area contributed by atoms with Crippen LogP contribution < -0.4 is 16.8 Å². The zero-order valence-electron chi connectivity index (χ0n) is 20.6. The second-order valence-electron chi connectivity index (χ2n) is 8.64. The van der Waals surface area contributed by atoms with Crippen LogP contribution in [0.5, 0.6) is 0 Å². The smallest absolute Gasteiger partial charge is 0.254 e. The Morgan fingerprint density at radius 2 is 1.77 bits per heavy atom. The molecule has 1 aromatic heterocycles. The summed E-state index contributed by atoms with van der Waals surface area (Å²) in [6, 6.07) is 11.6. The summed E-state index contributed by atoms with van der Waals surface area (Å²) in [5.41, 5.74) is 17.0. The maximum absolute atomic E-state index is 12.7. The van der Waals surface area contributed by atoms with Crippen LogP contribution in [-0.4, -0.2) is 42.0 Å². The normalized spacial score (nSPS) is 11.7. The molecule has 0 bridgehead atoms. The minimum Gasteiger partial charge on any atom is -0.404 e. The number of aliphatic imine (C=N–C) groups is 1. The first-order valence-corrected chi connectivity index (χ1v) is 11.3. The molecule has 0 fully saturated rings. The number of carbonyl (C=O) groups excluding carboxylic acids is 2. The van der Waals surface area contributed by atoms with E-state index in [4.69, 9.17) is 11.5 Å². The minimum atomic E-state index is -0.304. The van der Waals surface area contributed by atoms with E-state index >= 15 is 0 Å². The Kier molecular flexibility index (Phi) is 8.20. The maximum Gasteiger partial charge on any atom is 0.254 e. The molecule has 2 aromatic carbocycles. The number of aryl methyl sites for hydroxylation is 2. The van der Waals surface area contributed by atoms with Crippen LogP contribution in [0.4, 0.5) is 5.82 Å². The van der Waals surface area contributed by atoms with Gasteiger partial charge in [0.25, 0.3) is 5.91 Å². The molecular formula is C27H32N6O2. The van der Waals surface area contributed by atoms with E-state index in [1.54, 1.807) is 25.2 Å². The first-order chi connectivity index (χ1) is 16.7. The van der Waals surface area contributed by atoms with E-state index in [-0.39, 0.29) is 17.4 Å². The Hall–Kier alpha value is -4.20. The van der Waals surface area contributed by atoms with Crippen molar-refractivity contribution in [3.8, 4) is 0 Å². The van der Waals surface area contributed by atoms with Crippen molar-refractivity contribution in [1.29, 1.82) is 0 Å². The van der Waals surface area contributed by atoms with E-state index in [0.717, 1.165) is 38.6 Å². The molecule has 2 amide bonds. The highest BCUT2D eigenvalue weighted by Crippen LogP contribution is 2.27. The third-order valence-corrected chi connectivity index (χ3v) is 5.96. The van der Waals surface area contributed by atoms with Crippen LogP contribution >= 0.6 is 0 Å². The number of nitrogens with two attached hydrogens (primary N) is 2. The van der Waals surface area contributed by atoms with E-state index in [1.807, 2.05) is 50.2 Å². The maximum atomic E-state index is 12.7. The Morgan fingerprint density at radius 1 is 1.09 bits per heavy atom. The number of nitrogen functional groups attached to an aromatic ring is 1. The lowest BCUT2D eigenvalue weighted by Crippen LogP contribution is -2.26. The molecule has 8 nitrogen and oxygen atoms in total. The molecule has 1 heterocycles. The summed E-state index contributed by atoms with van der Waals surface area (Å²) in [4.78, 5) is 34.6. The fourth-order valence-corrected chi connectivity index (χ4v) is 3.79. The Labute approximate surface area is 205 Å². The van der Waals surface area contributed by atoms with Crippen LogP contribution in [0, 0.1) is 13.8 Å². The average molecular weight is 473 g/mol. The number of carbonyl (C=O) groups is 2. The summed E-state index contributed by atoms with van der Waals surface area (Å²) < 4.78 is 0. The number of anilines is 1. The molecule has 0 spiro atoms. The summed E-state index contributed by atoms with van der Waals surface area (Å²) in [6.45, 7) is 4.75. The van der Waals surface area contributed by atoms with Crippen molar-refractivity contribution < 1.29 is 9.59 Å². The molecule has 0 saturated carbocycles. The van der Waals surface area contributed by atoms with Gasteiger partial charge in [0.05, 0.1) is 18.5 Å². The van der Waals surface area contributed by atoms with Gasteiger partial charge in [0.2, 0.25) is 5.91 Å². The van der Waals surface area contributed by atoms with Gasteiger partial charge < -0.3 is 21.7 Å². The lowest BCUT2D eigenvalue weighted by Gasteiger charge is -2.15. The van der Waals surface area contributed by atoms with Gasteiger partial charge in [0, 0.05) is 44.6 Å². The van der Waals surface area contributed by atoms with Crippen molar-refractivity contribution in [3.63, 3.8) is 0 Å². The number of nitrogens with zero attached hydrogens (tertiary/aromatic N) is 3. The molecule has 0 aliphatic carbocycles. The highest BCUT2D eigenvalue weighted by Gasteiger charge is 2.13. The lowest BCUT2D eigenvalue weighted by molar-refractivity contribution is -0.128. The molecule has 3 rings (SSSR count). The number of benzene rings is 2. The Bertz CT molecular complexity index is 1290. The minimum absolute atomic E-state index is 0.0507. The fraction of sp³-hybridized carbons (Fsp3) is 0.259. The number of pyridine rings is 1. The number of amides is 2. The van der Waals surface area contributed by atoms with Crippen LogP contribution in [-0.2, 0) is 29.1 Å². The fourth-order valence-electron chi connectivity index (χ4n) is 3.79. The lowest BCUT2D eigenvalue weighted by atomic mass is 9.96. The van der Waals surface area contributed by atoms with E-state index in [2.05, 4.69) is 15.3 Å². The van der Waals surface area contributed by atoms with Gasteiger partial charge in [0.15, 0.2) is 0 Å². The zero-order valence-corrected chi connectivity index (χ0v) is 20.6. The largest absolute Gasteiger partial charge is 0.404 e. The quantitative estimate of drug-likeness (QED) is 0.343. The molecule has 3 aromatic rings. The third kappa shape index (κ3) is 6.23. The first kappa shape index (κ1) is 25.4. The highest BCUT2D eigenvalue weighted by molar-refractivity contribution is 6.12. The second-order valence-corrected chi connectivity index (χ2v) is 8.64. The van der Waals surface area contributed by atoms with Crippen LogP contribution in [0.2, 0.25) is 0 Å². The molecule has 0 aliphatic heterocycles. The second kappa shape index (κ2) is 11.3. The standard InChI is InChI=1S/C27H32N6O2/c1-17-11-23-22(9-10-31-26(23)29)18(2)24(17)16-32-27(35)21(13-28)15-30-14-20-7-5-19(6-8-20)12-25(34)33(3)4/h5-11,13,15H,12,14,16,28H2,1-4H3,(H2,29,31)(H,32,35)/b21-13+,30-15?. The summed E-state index contributed by atoms with van der Waals surface area (Å²) in [5.74, 6) is 0.238. The average Bonchev–Trinajstić information content (AvgIpc) is 2.83. The van der Waals surface area contributed by atoms with E-state index in [1.165, 1.54) is 12.4 Å². The van der Waals surface area contributed by atoms with Gasteiger partial charge in [-0.1, -0.05) is 24.3 Å². The van der Waals surface area contributed by atoms with Crippen molar-refractivity contribution >= 4 is 34.6 Å². The monoisotopic (exact) mass is 472 g/mol. The molecular weight excluding hydrogens is 440 g/mol. The molecule has 0 aliphatic rings. The third-order valence-electron chi connectivity index (χ3n) is 5.96. The zero-order chi connectivity index (χ0) is 25.5. The summed E-state index contributed by atoms with van der Waals surface area (Å²) >= 11 is 0. The Morgan fingerprint density at radius 3 is 2.43 bits per heavy atom. The van der Waals surface area contributed by atoms with Gasteiger partial charge in [-0.25, -0.2) is 4.98 Å². The van der Waals surface area contributed by atoms with Crippen LogP contribution in [0.3, 0.4) is 0 Å². The molecule has 0 unspecified atom stereocenters. The number of nitrogens with one attached hydrogen (secondary N) is 1. The van der Waals surface area contributed by atoms with E-state index < -0.39 is 0 Å². The van der Waals surface area contributed by atoms with Gasteiger partial charge in [0.1, 0.15) is 5.82 Å². The van der Waals surface area contributed by atoms with Gasteiger partial charge in [-0.2, -0.15) is 0 Å². The molecule has 5 N–H and O–H groups in total. The van der Waals surface area contributed by atoms with Crippen molar-refractivity contribution in [2.45, 2.75) is 33.4 Å². The first-order valence-electron chi connectivity index (χ1n) is 11.3. The predicted octanol–water partition coefficient (Wildman–Crippen LogP) is 2.79. The van der Waals surface area contributed by atoms with Crippen LogP contribution in [0.25, 0.3) is 10.8 Å². The number of likely N-dealkylation sites (N-methyl/N-ethyl adjacent to an activating group) is 1. The van der Waals surface area contributed by atoms with Gasteiger partial charge in [-0.05, 0) is 59.2 Å². The number of fused-ring (bicyclic) bond motifs is 1. The van der Waals surface area contributed by atoms with E-state index in [0.29, 0.717) is 25.3 Å². The van der Waals surface area contributed by atoms with Crippen LogP contribution in [0.15, 0.2) is 59.4 Å². The highest BCUT2D eigenvalue weighted by atomic mass is 16.2. The van der Waals surface area contributed by atoms with E-state index in [9.17, 15) is 9.59 Å². The number of rotatable bonds is 8. The number of hydrogen-bond acceptors (Lipinski definition) is 6. The molecule has 0 atom stereocenters. The molecule has 35 heavy (non-hydrogen) atoms. The van der Waals surface area contributed by atoms with Gasteiger partial charge in [-0.15, -0.1) is 0 Å². The van der Waals surface area contributed by atoms with Crippen LogP contribution in [0.1, 0.15) is 27.8 Å². The van der Waals surface area contributed by atoms with Crippen molar-refractivity contribution in [2.24, 2.45) is 10.7 Å². The van der Waals surface area contributed by atoms with Crippen molar-refractivity contribution in [2.75, 3.05) is 19.8 Å². The molecule has 0 saturated heterocycles. The van der Waals surface area contributed by atoms with Crippen molar-refractivity contribution in [1.82, 2.24) is 15.2 Å². The molecule has 182 valence electrons. The molecule has 8 heteroatoms. The van der Waals surface area contributed by atoms with Crippen molar-refractivity contribution in [3.05, 3.63) is 82.2 Å². The summed E-state index contributed by atoms with van der Waals surface area (Å²) in [6.07, 6.45) is 4.77. The Balaban J connectivity index is 1.61.